The molecule has 0 saturated carbocycles. The third-order valence-electron chi connectivity index (χ3n) is 2.64. The van der Waals surface area contributed by atoms with Gasteiger partial charge in [-0.2, -0.15) is 5.26 Å². The fraction of sp³-hybridized carbons (Fsp3) is 0.0714. The Bertz CT molecular complexity index is 797. The molecule has 0 aliphatic carbocycles. The molecule has 0 aliphatic heterocycles. The number of nitrogens with one attached hydrogen (secondary N) is 1. The average molecular weight is 341 g/mol. The molecule has 0 atom stereocenters. The highest BCUT2D eigenvalue weighted by molar-refractivity contribution is 7.91. The van der Waals surface area contributed by atoms with Crippen LogP contribution in [0.4, 0.5) is 5.69 Å². The molecule has 0 aliphatic rings. The topological polar surface area (TPSA) is 70.0 Å². The number of nitrogens with zero attached hydrogens (tertiary/aromatic N) is 1. The van der Waals surface area contributed by atoms with E-state index >= 15 is 0 Å². The lowest BCUT2D eigenvalue weighted by Gasteiger charge is -2.10. The Balaban J connectivity index is 2.16. The molecule has 1 N–H and O–H groups in total. The molecule has 0 fully saturated rings. The van der Waals surface area contributed by atoms with Crippen molar-refractivity contribution in [3.05, 3.63) is 63.6 Å². The van der Waals surface area contributed by atoms with Crippen molar-refractivity contribution in [3.63, 3.8) is 0 Å². The van der Waals surface area contributed by atoms with Gasteiger partial charge in [0.05, 0.1) is 28.1 Å². The molecule has 2 aromatic carbocycles. The van der Waals surface area contributed by atoms with Crippen LogP contribution in [-0.2, 0) is 15.8 Å². The van der Waals surface area contributed by atoms with E-state index in [2.05, 4.69) is 4.72 Å². The van der Waals surface area contributed by atoms with E-state index in [0.717, 1.165) is 0 Å². The predicted molar refractivity (Wildman–Crippen MR) is 83.9 cm³/mol. The van der Waals surface area contributed by atoms with Crippen LogP contribution in [0.25, 0.3) is 0 Å². The number of rotatable bonds is 4. The van der Waals surface area contributed by atoms with Crippen molar-refractivity contribution in [2.45, 2.75) is 5.75 Å². The molecule has 2 aromatic rings. The normalized spacial score (nSPS) is 10.9. The summed E-state index contributed by atoms with van der Waals surface area (Å²) in [5, 5.41) is 9.36. The first-order chi connectivity index (χ1) is 9.89. The Hall–Kier alpha value is -1.74. The molecular weight excluding hydrogens is 331 g/mol. The minimum Gasteiger partial charge on any atom is -0.282 e. The van der Waals surface area contributed by atoms with Gasteiger partial charge in [0.15, 0.2) is 0 Å². The van der Waals surface area contributed by atoms with E-state index in [9.17, 15) is 8.42 Å². The number of benzene rings is 2. The molecule has 0 spiro atoms. The van der Waals surface area contributed by atoms with Crippen molar-refractivity contribution in [1.29, 1.82) is 5.26 Å². The molecule has 108 valence electrons. The number of sulfonamides is 1. The molecule has 0 unspecified atom stereocenters. The maximum Gasteiger partial charge on any atom is 0.236 e. The summed E-state index contributed by atoms with van der Waals surface area (Å²) >= 11 is 11.7. The lowest BCUT2D eigenvalue weighted by Crippen LogP contribution is -2.15. The van der Waals surface area contributed by atoms with Gasteiger partial charge in [-0.3, -0.25) is 4.72 Å². The fourth-order valence-corrected chi connectivity index (χ4v) is 3.40. The molecule has 4 nitrogen and oxygen atoms in total. The van der Waals surface area contributed by atoms with Crippen LogP contribution >= 0.6 is 23.2 Å². The van der Waals surface area contributed by atoms with E-state index in [1.165, 1.54) is 12.1 Å². The van der Waals surface area contributed by atoms with Crippen LogP contribution in [-0.4, -0.2) is 8.42 Å². The molecule has 0 saturated heterocycles. The van der Waals surface area contributed by atoms with Crippen LogP contribution in [0.2, 0.25) is 10.0 Å². The third-order valence-corrected chi connectivity index (χ3v) is 4.43. The van der Waals surface area contributed by atoms with Gasteiger partial charge in [-0.05, 0) is 35.9 Å². The quantitative estimate of drug-likeness (QED) is 0.919. The van der Waals surface area contributed by atoms with Gasteiger partial charge in [0, 0.05) is 5.02 Å². The van der Waals surface area contributed by atoms with E-state index in [1.807, 2.05) is 6.07 Å². The summed E-state index contributed by atoms with van der Waals surface area (Å²) < 4.78 is 26.6. The highest BCUT2D eigenvalue weighted by atomic mass is 35.5. The van der Waals surface area contributed by atoms with Crippen molar-refractivity contribution in [3.8, 4) is 6.07 Å². The Morgan fingerprint density at radius 1 is 1.10 bits per heavy atom. The summed E-state index contributed by atoms with van der Waals surface area (Å²) in [7, 11) is -3.60. The van der Waals surface area contributed by atoms with Gasteiger partial charge in [-0.1, -0.05) is 35.3 Å². The standard InChI is InChI=1S/C14H10Cl2N2O2S/c15-12-5-6-14(13(16)7-12)18-21(19,20)9-11-3-1-10(8-17)2-4-11/h1-7,18H,9H2. The summed E-state index contributed by atoms with van der Waals surface area (Å²) in [5.74, 6) is -0.211. The number of halogens is 2. The molecular formula is C14H10Cl2N2O2S. The Morgan fingerprint density at radius 2 is 1.76 bits per heavy atom. The summed E-state index contributed by atoms with van der Waals surface area (Å²) in [5.41, 5.74) is 1.33. The molecule has 2 rings (SSSR count). The zero-order chi connectivity index (χ0) is 15.5. The average Bonchev–Trinajstić information content (AvgIpc) is 2.42. The first kappa shape index (κ1) is 15.6. The van der Waals surface area contributed by atoms with E-state index in [1.54, 1.807) is 30.3 Å². The van der Waals surface area contributed by atoms with Gasteiger partial charge in [-0.15, -0.1) is 0 Å². The van der Waals surface area contributed by atoms with Crippen molar-refractivity contribution in [2.75, 3.05) is 4.72 Å². The summed E-state index contributed by atoms with van der Waals surface area (Å²) in [6.45, 7) is 0. The predicted octanol–water partition coefficient (Wildman–Crippen LogP) is 3.81. The fourth-order valence-electron chi connectivity index (χ4n) is 1.67. The Labute approximate surface area is 133 Å². The van der Waals surface area contributed by atoms with E-state index in [-0.39, 0.29) is 16.5 Å². The van der Waals surface area contributed by atoms with Gasteiger partial charge in [0.1, 0.15) is 0 Å². The maximum absolute atomic E-state index is 12.1. The highest BCUT2D eigenvalue weighted by Gasteiger charge is 2.14. The van der Waals surface area contributed by atoms with E-state index < -0.39 is 10.0 Å². The molecule has 21 heavy (non-hydrogen) atoms. The van der Waals surface area contributed by atoms with Crippen LogP contribution in [0, 0.1) is 11.3 Å². The Morgan fingerprint density at radius 3 is 2.33 bits per heavy atom. The van der Waals surface area contributed by atoms with Crippen molar-refractivity contribution in [1.82, 2.24) is 0 Å². The summed E-state index contributed by atoms with van der Waals surface area (Å²) in [4.78, 5) is 0. The zero-order valence-corrected chi connectivity index (χ0v) is 13.0. The number of hydrogen-bond donors (Lipinski definition) is 1. The Kier molecular flexibility index (Phi) is 4.73. The number of anilines is 1. The second-order valence-corrected chi connectivity index (χ2v) is 6.86. The molecule has 0 aromatic heterocycles. The maximum atomic E-state index is 12.1. The monoisotopic (exact) mass is 340 g/mol. The van der Waals surface area contributed by atoms with Crippen LogP contribution in [0.1, 0.15) is 11.1 Å². The van der Waals surface area contributed by atoms with Crippen LogP contribution in [0.15, 0.2) is 42.5 Å². The zero-order valence-electron chi connectivity index (χ0n) is 10.7. The SMILES string of the molecule is N#Cc1ccc(CS(=O)(=O)Nc2ccc(Cl)cc2Cl)cc1. The van der Waals surface area contributed by atoms with Crippen molar-refractivity contribution in [2.24, 2.45) is 0 Å². The van der Waals surface area contributed by atoms with Crippen LogP contribution < -0.4 is 4.72 Å². The lowest BCUT2D eigenvalue weighted by atomic mass is 10.2. The summed E-state index contributed by atoms with van der Waals surface area (Å²) in [6.07, 6.45) is 0. The number of nitriles is 1. The molecule has 0 bridgehead atoms. The second kappa shape index (κ2) is 6.35. The van der Waals surface area contributed by atoms with Gasteiger partial charge < -0.3 is 0 Å². The van der Waals surface area contributed by atoms with E-state index in [4.69, 9.17) is 28.5 Å². The molecule has 0 radical (unpaired) electrons. The molecule has 0 amide bonds. The highest BCUT2D eigenvalue weighted by Crippen LogP contribution is 2.26. The van der Waals surface area contributed by atoms with Crippen LogP contribution in [0.3, 0.4) is 0 Å². The van der Waals surface area contributed by atoms with Gasteiger partial charge in [0.2, 0.25) is 10.0 Å². The largest absolute Gasteiger partial charge is 0.282 e. The lowest BCUT2D eigenvalue weighted by molar-refractivity contribution is 0.600. The smallest absolute Gasteiger partial charge is 0.236 e. The van der Waals surface area contributed by atoms with Crippen molar-refractivity contribution < 1.29 is 8.42 Å². The first-order valence-electron chi connectivity index (χ1n) is 5.84. The molecule has 0 heterocycles. The minimum absolute atomic E-state index is 0.211. The van der Waals surface area contributed by atoms with Gasteiger partial charge in [0.25, 0.3) is 0 Å². The van der Waals surface area contributed by atoms with Crippen LogP contribution in [0.5, 0.6) is 0 Å². The van der Waals surface area contributed by atoms with Crippen molar-refractivity contribution >= 4 is 38.9 Å². The minimum atomic E-state index is -3.60. The second-order valence-electron chi connectivity index (χ2n) is 4.29. The third kappa shape index (κ3) is 4.36. The van der Waals surface area contributed by atoms with E-state index in [0.29, 0.717) is 16.1 Å². The molecule has 7 heteroatoms. The van der Waals surface area contributed by atoms with Gasteiger partial charge in [-0.25, -0.2) is 8.42 Å². The van der Waals surface area contributed by atoms with Gasteiger partial charge >= 0.3 is 0 Å². The summed E-state index contributed by atoms with van der Waals surface area (Å²) in [6, 6.07) is 12.8. The first-order valence-corrected chi connectivity index (χ1v) is 8.25. The number of hydrogen-bond acceptors (Lipinski definition) is 3.